The van der Waals surface area contributed by atoms with E-state index in [1.807, 2.05) is 6.92 Å². The number of carbonyl (C=O) groups is 1. The first-order valence-electron chi connectivity index (χ1n) is 5.79. The van der Waals surface area contributed by atoms with Gasteiger partial charge in [0.1, 0.15) is 5.82 Å². The van der Waals surface area contributed by atoms with Gasteiger partial charge >= 0.3 is 0 Å². The molecule has 0 saturated carbocycles. The van der Waals surface area contributed by atoms with Gasteiger partial charge in [-0.1, -0.05) is 25.5 Å². The largest absolute Gasteiger partial charge is 0.340 e. The van der Waals surface area contributed by atoms with Gasteiger partial charge in [-0.15, -0.1) is 12.4 Å². The van der Waals surface area contributed by atoms with Gasteiger partial charge in [0.05, 0.1) is 6.04 Å². The molecule has 5 heteroatoms. The zero-order valence-electron chi connectivity index (χ0n) is 10.7. The molecule has 0 aliphatic rings. The first kappa shape index (κ1) is 16.9. The lowest BCUT2D eigenvalue weighted by atomic mass is 10.1. The minimum Gasteiger partial charge on any atom is -0.340 e. The summed E-state index contributed by atoms with van der Waals surface area (Å²) in [6.45, 7) is 2.45. The lowest BCUT2D eigenvalue weighted by Gasteiger charge is -2.21. The summed E-state index contributed by atoms with van der Waals surface area (Å²) in [5.74, 6) is -0.346. The Balaban J connectivity index is 0.00000289. The smallest absolute Gasteiger partial charge is 0.239 e. The monoisotopic (exact) mass is 274 g/mol. The second-order valence-electron chi connectivity index (χ2n) is 4.22. The Morgan fingerprint density at radius 3 is 2.44 bits per heavy atom. The molecular weight excluding hydrogens is 255 g/mol. The van der Waals surface area contributed by atoms with Crippen LogP contribution in [0, 0.1) is 5.82 Å². The highest BCUT2D eigenvalue weighted by molar-refractivity contribution is 5.85. The van der Waals surface area contributed by atoms with Crippen LogP contribution in [0.15, 0.2) is 24.3 Å². The van der Waals surface area contributed by atoms with E-state index in [-0.39, 0.29) is 24.1 Å². The first-order valence-corrected chi connectivity index (χ1v) is 5.79. The van der Waals surface area contributed by atoms with Crippen molar-refractivity contribution in [1.29, 1.82) is 0 Å². The summed E-state index contributed by atoms with van der Waals surface area (Å²) >= 11 is 0. The van der Waals surface area contributed by atoms with Crippen molar-refractivity contribution in [3.63, 3.8) is 0 Å². The number of halogens is 2. The topological polar surface area (TPSA) is 46.3 Å². The fraction of sp³-hybridized carbons (Fsp3) is 0.462. The van der Waals surface area contributed by atoms with Gasteiger partial charge in [0, 0.05) is 13.6 Å². The normalized spacial score (nSPS) is 11.6. The molecule has 1 aromatic rings. The second kappa shape index (κ2) is 8.06. The molecule has 0 radical (unpaired) electrons. The number of likely N-dealkylation sites (N-methyl/N-ethyl adjacent to an activating group) is 1. The molecular formula is C13H20ClFN2O. The van der Waals surface area contributed by atoms with E-state index in [1.165, 1.54) is 12.1 Å². The molecule has 1 unspecified atom stereocenters. The van der Waals surface area contributed by atoms with E-state index in [1.54, 1.807) is 24.1 Å². The van der Waals surface area contributed by atoms with E-state index in [0.717, 1.165) is 12.0 Å². The predicted octanol–water partition coefficient (Wildman–Crippen LogP) is 2.33. The minimum absolute atomic E-state index is 0. The van der Waals surface area contributed by atoms with Crippen molar-refractivity contribution in [2.45, 2.75) is 32.4 Å². The standard InChI is InChI=1S/C13H19FN2O.ClH/c1-3-4-12(15)13(17)16(2)9-10-5-7-11(14)8-6-10;/h5-8,12H,3-4,9,15H2,1-2H3;1H. The van der Waals surface area contributed by atoms with E-state index in [0.29, 0.717) is 13.0 Å². The van der Waals surface area contributed by atoms with E-state index in [2.05, 4.69) is 0 Å². The number of nitrogens with two attached hydrogens (primary N) is 1. The molecule has 0 bridgehead atoms. The average Bonchev–Trinajstić information content (AvgIpc) is 2.31. The summed E-state index contributed by atoms with van der Waals surface area (Å²) < 4.78 is 12.7. The number of benzene rings is 1. The molecule has 0 aliphatic carbocycles. The van der Waals surface area contributed by atoms with Crippen LogP contribution in [0.4, 0.5) is 4.39 Å². The van der Waals surface area contributed by atoms with Gasteiger partial charge < -0.3 is 10.6 Å². The third kappa shape index (κ3) is 5.02. The highest BCUT2D eigenvalue weighted by atomic mass is 35.5. The lowest BCUT2D eigenvalue weighted by molar-refractivity contribution is -0.131. The summed E-state index contributed by atoms with van der Waals surface area (Å²) in [5, 5.41) is 0. The fourth-order valence-corrected chi connectivity index (χ4v) is 1.66. The van der Waals surface area contributed by atoms with Gasteiger partial charge in [0.15, 0.2) is 0 Å². The van der Waals surface area contributed by atoms with Gasteiger partial charge in [-0.25, -0.2) is 4.39 Å². The maximum Gasteiger partial charge on any atom is 0.239 e. The second-order valence-corrected chi connectivity index (χ2v) is 4.22. The summed E-state index contributed by atoms with van der Waals surface area (Å²) in [6.07, 6.45) is 1.57. The Bertz CT molecular complexity index is 370. The molecule has 0 spiro atoms. The number of hydrogen-bond acceptors (Lipinski definition) is 2. The average molecular weight is 275 g/mol. The maximum absolute atomic E-state index is 12.7. The zero-order chi connectivity index (χ0) is 12.8. The molecule has 1 rings (SSSR count). The highest BCUT2D eigenvalue weighted by Crippen LogP contribution is 2.07. The molecule has 0 aliphatic heterocycles. The molecule has 102 valence electrons. The molecule has 0 fully saturated rings. The van der Waals surface area contributed by atoms with Gasteiger partial charge in [0.25, 0.3) is 0 Å². The van der Waals surface area contributed by atoms with Gasteiger partial charge in [-0.2, -0.15) is 0 Å². The highest BCUT2D eigenvalue weighted by Gasteiger charge is 2.16. The zero-order valence-corrected chi connectivity index (χ0v) is 11.5. The quantitative estimate of drug-likeness (QED) is 0.896. The fourth-order valence-electron chi connectivity index (χ4n) is 1.66. The molecule has 0 heterocycles. The third-order valence-electron chi connectivity index (χ3n) is 2.63. The summed E-state index contributed by atoms with van der Waals surface area (Å²) in [5.41, 5.74) is 6.65. The van der Waals surface area contributed by atoms with Crippen molar-refractivity contribution in [3.05, 3.63) is 35.6 Å². The van der Waals surface area contributed by atoms with Crippen LogP contribution in [0.25, 0.3) is 0 Å². The van der Waals surface area contributed by atoms with Crippen LogP contribution in [-0.4, -0.2) is 23.9 Å². The Kier molecular flexibility index (Phi) is 7.55. The molecule has 2 N–H and O–H groups in total. The first-order chi connectivity index (χ1) is 8.04. The third-order valence-corrected chi connectivity index (χ3v) is 2.63. The molecule has 0 aromatic heterocycles. The van der Waals surface area contributed by atoms with E-state index < -0.39 is 6.04 Å². The predicted molar refractivity (Wildman–Crippen MR) is 73.0 cm³/mol. The van der Waals surface area contributed by atoms with Crippen LogP contribution in [0.5, 0.6) is 0 Å². The molecule has 1 aromatic carbocycles. The Morgan fingerprint density at radius 2 is 1.94 bits per heavy atom. The number of rotatable bonds is 5. The lowest BCUT2D eigenvalue weighted by Crippen LogP contribution is -2.41. The van der Waals surface area contributed by atoms with Gasteiger partial charge in [-0.05, 0) is 24.1 Å². The Morgan fingerprint density at radius 1 is 1.39 bits per heavy atom. The van der Waals surface area contributed by atoms with Crippen molar-refractivity contribution in [2.24, 2.45) is 5.73 Å². The minimum atomic E-state index is -0.439. The molecule has 1 amide bonds. The maximum atomic E-state index is 12.7. The molecule has 0 saturated heterocycles. The molecule has 18 heavy (non-hydrogen) atoms. The number of hydrogen-bond donors (Lipinski definition) is 1. The Labute approximate surface area is 114 Å². The summed E-state index contributed by atoms with van der Waals surface area (Å²) in [7, 11) is 1.71. The van der Waals surface area contributed by atoms with Crippen LogP contribution >= 0.6 is 12.4 Å². The van der Waals surface area contributed by atoms with Crippen LogP contribution in [-0.2, 0) is 11.3 Å². The van der Waals surface area contributed by atoms with Crippen LogP contribution < -0.4 is 5.73 Å². The van der Waals surface area contributed by atoms with Crippen LogP contribution in [0.2, 0.25) is 0 Å². The van der Waals surface area contributed by atoms with E-state index >= 15 is 0 Å². The van der Waals surface area contributed by atoms with E-state index in [9.17, 15) is 9.18 Å². The molecule has 1 atom stereocenters. The van der Waals surface area contributed by atoms with Crippen LogP contribution in [0.1, 0.15) is 25.3 Å². The number of carbonyl (C=O) groups excluding carboxylic acids is 1. The van der Waals surface area contributed by atoms with Crippen molar-refractivity contribution < 1.29 is 9.18 Å². The van der Waals surface area contributed by atoms with Crippen molar-refractivity contribution in [1.82, 2.24) is 4.90 Å². The SMILES string of the molecule is CCCC(N)C(=O)N(C)Cc1ccc(F)cc1.Cl. The van der Waals surface area contributed by atoms with Gasteiger partial charge in [0.2, 0.25) is 5.91 Å². The number of nitrogens with zero attached hydrogens (tertiary/aromatic N) is 1. The van der Waals surface area contributed by atoms with Crippen LogP contribution in [0.3, 0.4) is 0 Å². The summed E-state index contributed by atoms with van der Waals surface area (Å²) in [6, 6.07) is 5.68. The molecule has 3 nitrogen and oxygen atoms in total. The van der Waals surface area contributed by atoms with Crippen molar-refractivity contribution >= 4 is 18.3 Å². The van der Waals surface area contributed by atoms with Crippen molar-refractivity contribution in [3.8, 4) is 0 Å². The Hall–Kier alpha value is -1.13. The van der Waals surface area contributed by atoms with Gasteiger partial charge in [-0.3, -0.25) is 4.79 Å². The van der Waals surface area contributed by atoms with E-state index in [4.69, 9.17) is 5.73 Å². The van der Waals surface area contributed by atoms with Crippen molar-refractivity contribution in [2.75, 3.05) is 7.05 Å². The number of amides is 1. The summed E-state index contributed by atoms with van der Waals surface area (Å²) in [4.78, 5) is 13.4.